The molecule has 0 spiro atoms. The third-order valence-corrected chi connectivity index (χ3v) is 3.45. The SMILES string of the molecule is Cc1cccc(CNc2cc(Cl)c(C)cc2[N+](=O)[O-])c1. The molecule has 0 radical (unpaired) electrons. The highest BCUT2D eigenvalue weighted by Gasteiger charge is 2.15. The Hall–Kier alpha value is -2.07. The number of nitrogens with one attached hydrogen (secondary N) is 1. The molecule has 0 fully saturated rings. The van der Waals surface area contributed by atoms with Crippen molar-refractivity contribution in [2.45, 2.75) is 20.4 Å². The standard InChI is InChI=1S/C15H15ClN2O2/c1-10-4-3-5-12(6-10)9-17-14-8-13(16)11(2)7-15(14)18(19)20/h3-8,17H,9H2,1-2H3. The summed E-state index contributed by atoms with van der Waals surface area (Å²) in [5.41, 5.74) is 3.39. The molecule has 1 N–H and O–H groups in total. The van der Waals surface area contributed by atoms with Gasteiger partial charge in [0.15, 0.2) is 0 Å². The molecule has 4 nitrogen and oxygen atoms in total. The Morgan fingerprint density at radius 3 is 2.65 bits per heavy atom. The molecule has 0 aliphatic carbocycles. The minimum absolute atomic E-state index is 0.0413. The minimum Gasteiger partial charge on any atom is -0.375 e. The van der Waals surface area contributed by atoms with E-state index in [9.17, 15) is 10.1 Å². The van der Waals surface area contributed by atoms with Gasteiger partial charge in [-0.2, -0.15) is 0 Å². The number of hydrogen-bond donors (Lipinski definition) is 1. The van der Waals surface area contributed by atoms with Crippen molar-refractivity contribution in [3.8, 4) is 0 Å². The summed E-state index contributed by atoms with van der Waals surface area (Å²) in [6.07, 6.45) is 0. The molecule has 0 aliphatic rings. The maximum Gasteiger partial charge on any atom is 0.292 e. The van der Waals surface area contributed by atoms with Gasteiger partial charge in [-0.05, 0) is 31.0 Å². The van der Waals surface area contributed by atoms with E-state index in [0.717, 1.165) is 11.1 Å². The smallest absolute Gasteiger partial charge is 0.292 e. The van der Waals surface area contributed by atoms with E-state index in [-0.39, 0.29) is 5.69 Å². The number of nitro benzene ring substituents is 1. The topological polar surface area (TPSA) is 55.2 Å². The number of hydrogen-bond acceptors (Lipinski definition) is 3. The van der Waals surface area contributed by atoms with Gasteiger partial charge in [0.25, 0.3) is 5.69 Å². The van der Waals surface area contributed by atoms with Gasteiger partial charge in [0, 0.05) is 17.6 Å². The van der Waals surface area contributed by atoms with Crippen LogP contribution in [-0.4, -0.2) is 4.92 Å². The third-order valence-electron chi connectivity index (χ3n) is 3.04. The molecule has 0 atom stereocenters. The van der Waals surface area contributed by atoms with Crippen LogP contribution in [0.15, 0.2) is 36.4 Å². The van der Waals surface area contributed by atoms with Crippen LogP contribution in [0.2, 0.25) is 5.02 Å². The van der Waals surface area contributed by atoms with Crippen molar-refractivity contribution in [3.63, 3.8) is 0 Å². The molecule has 0 heterocycles. The summed E-state index contributed by atoms with van der Waals surface area (Å²) < 4.78 is 0. The molecule has 2 rings (SSSR count). The van der Waals surface area contributed by atoms with Gasteiger partial charge in [-0.25, -0.2) is 0 Å². The van der Waals surface area contributed by atoms with E-state index in [1.54, 1.807) is 13.0 Å². The Morgan fingerprint density at radius 1 is 1.25 bits per heavy atom. The van der Waals surface area contributed by atoms with E-state index >= 15 is 0 Å². The molecule has 0 saturated carbocycles. The Morgan fingerprint density at radius 2 is 2.00 bits per heavy atom. The molecule has 0 aromatic heterocycles. The van der Waals surface area contributed by atoms with E-state index in [1.807, 2.05) is 31.2 Å². The highest BCUT2D eigenvalue weighted by Crippen LogP contribution is 2.31. The van der Waals surface area contributed by atoms with Crippen molar-refractivity contribution in [1.29, 1.82) is 0 Å². The van der Waals surface area contributed by atoms with Crippen molar-refractivity contribution in [2.24, 2.45) is 0 Å². The van der Waals surface area contributed by atoms with E-state index in [2.05, 4.69) is 5.32 Å². The lowest BCUT2D eigenvalue weighted by molar-refractivity contribution is -0.384. The molecule has 0 aliphatic heterocycles. The monoisotopic (exact) mass is 290 g/mol. The third kappa shape index (κ3) is 3.27. The van der Waals surface area contributed by atoms with Gasteiger partial charge >= 0.3 is 0 Å². The van der Waals surface area contributed by atoms with Gasteiger partial charge < -0.3 is 5.32 Å². The zero-order valence-electron chi connectivity index (χ0n) is 11.3. The summed E-state index contributed by atoms with van der Waals surface area (Å²) in [6.45, 7) is 4.27. The maximum atomic E-state index is 11.1. The average Bonchev–Trinajstić information content (AvgIpc) is 2.39. The van der Waals surface area contributed by atoms with Crippen LogP contribution in [0, 0.1) is 24.0 Å². The fourth-order valence-corrected chi connectivity index (χ4v) is 2.14. The summed E-state index contributed by atoms with van der Waals surface area (Å²) in [5.74, 6) is 0. The van der Waals surface area contributed by atoms with Crippen LogP contribution in [0.4, 0.5) is 11.4 Å². The number of aryl methyl sites for hydroxylation is 2. The molecule has 104 valence electrons. The number of halogens is 1. The Labute approximate surface area is 122 Å². The van der Waals surface area contributed by atoms with Crippen molar-refractivity contribution >= 4 is 23.0 Å². The summed E-state index contributed by atoms with van der Waals surface area (Å²) in [4.78, 5) is 10.7. The average molecular weight is 291 g/mol. The van der Waals surface area contributed by atoms with Gasteiger partial charge in [-0.1, -0.05) is 41.4 Å². The molecule has 5 heteroatoms. The fourth-order valence-electron chi connectivity index (χ4n) is 1.98. The number of nitrogens with zero attached hydrogens (tertiary/aromatic N) is 1. The zero-order valence-corrected chi connectivity index (χ0v) is 12.1. The van der Waals surface area contributed by atoms with Crippen molar-refractivity contribution in [3.05, 3.63) is 68.2 Å². The first-order chi connectivity index (χ1) is 9.47. The van der Waals surface area contributed by atoms with Crippen LogP contribution in [0.3, 0.4) is 0 Å². The first-order valence-corrected chi connectivity index (χ1v) is 6.59. The van der Waals surface area contributed by atoms with Crippen molar-refractivity contribution in [2.75, 3.05) is 5.32 Å². The van der Waals surface area contributed by atoms with Crippen LogP contribution < -0.4 is 5.32 Å². The molecule has 0 saturated heterocycles. The van der Waals surface area contributed by atoms with Crippen LogP contribution in [-0.2, 0) is 6.54 Å². The van der Waals surface area contributed by atoms with Gasteiger partial charge in [-0.15, -0.1) is 0 Å². The van der Waals surface area contributed by atoms with Crippen molar-refractivity contribution in [1.82, 2.24) is 0 Å². The number of benzene rings is 2. The quantitative estimate of drug-likeness (QED) is 0.667. The number of nitro groups is 1. The molecule has 0 unspecified atom stereocenters. The molecule has 0 amide bonds. The molecule has 0 bridgehead atoms. The summed E-state index contributed by atoms with van der Waals surface area (Å²) in [6, 6.07) is 11.1. The Bertz CT molecular complexity index is 656. The number of anilines is 1. The lowest BCUT2D eigenvalue weighted by Gasteiger charge is -2.09. The molecule has 20 heavy (non-hydrogen) atoms. The van der Waals surface area contributed by atoms with Gasteiger partial charge in [0.05, 0.1) is 4.92 Å². The van der Waals surface area contributed by atoms with E-state index in [4.69, 9.17) is 11.6 Å². The first-order valence-electron chi connectivity index (χ1n) is 6.21. The summed E-state index contributed by atoms with van der Waals surface area (Å²) in [5, 5.41) is 14.7. The van der Waals surface area contributed by atoms with Crippen LogP contribution in [0.5, 0.6) is 0 Å². The lowest BCUT2D eigenvalue weighted by atomic mass is 10.1. The predicted octanol–water partition coefficient (Wildman–Crippen LogP) is 4.48. The normalized spacial score (nSPS) is 10.3. The van der Waals surface area contributed by atoms with Crippen molar-refractivity contribution < 1.29 is 4.92 Å². The van der Waals surface area contributed by atoms with Gasteiger partial charge in [-0.3, -0.25) is 10.1 Å². The highest BCUT2D eigenvalue weighted by atomic mass is 35.5. The Balaban J connectivity index is 2.24. The van der Waals surface area contributed by atoms with Gasteiger partial charge in [0.2, 0.25) is 0 Å². The zero-order chi connectivity index (χ0) is 14.7. The Kier molecular flexibility index (Phi) is 4.25. The molecular weight excluding hydrogens is 276 g/mol. The highest BCUT2D eigenvalue weighted by molar-refractivity contribution is 6.31. The second kappa shape index (κ2) is 5.92. The fraction of sp³-hybridized carbons (Fsp3) is 0.200. The van der Waals surface area contributed by atoms with E-state index in [0.29, 0.717) is 22.8 Å². The minimum atomic E-state index is -0.401. The second-order valence-electron chi connectivity index (χ2n) is 4.72. The molecule has 2 aromatic rings. The van der Waals surface area contributed by atoms with E-state index in [1.165, 1.54) is 6.07 Å². The van der Waals surface area contributed by atoms with Crippen LogP contribution in [0.25, 0.3) is 0 Å². The van der Waals surface area contributed by atoms with Crippen LogP contribution >= 0.6 is 11.6 Å². The van der Waals surface area contributed by atoms with Crippen LogP contribution in [0.1, 0.15) is 16.7 Å². The number of rotatable bonds is 4. The maximum absolute atomic E-state index is 11.1. The summed E-state index contributed by atoms with van der Waals surface area (Å²) in [7, 11) is 0. The van der Waals surface area contributed by atoms with Gasteiger partial charge in [0.1, 0.15) is 5.69 Å². The molecular formula is C15H15ClN2O2. The second-order valence-corrected chi connectivity index (χ2v) is 5.13. The largest absolute Gasteiger partial charge is 0.375 e. The summed E-state index contributed by atoms with van der Waals surface area (Å²) >= 11 is 6.03. The lowest BCUT2D eigenvalue weighted by Crippen LogP contribution is -2.03. The molecule has 2 aromatic carbocycles. The predicted molar refractivity (Wildman–Crippen MR) is 81.3 cm³/mol. The first kappa shape index (κ1) is 14.3. The van der Waals surface area contributed by atoms with E-state index < -0.39 is 4.92 Å².